The van der Waals surface area contributed by atoms with Crippen molar-refractivity contribution in [3.63, 3.8) is 0 Å². The number of rotatable bonds is 4. The van der Waals surface area contributed by atoms with Gasteiger partial charge in [0.15, 0.2) is 5.78 Å². The van der Waals surface area contributed by atoms with Crippen LogP contribution in [0, 0.1) is 0 Å². The first-order valence-corrected chi connectivity index (χ1v) is 4.77. The molecule has 0 aromatic rings. The Hall–Kier alpha value is -0.620. The van der Waals surface area contributed by atoms with Crippen LogP contribution in [0.2, 0.25) is 0 Å². The molecule has 1 rings (SSSR count). The second kappa shape index (κ2) is 4.94. The average molecular weight is 225 g/mol. The lowest BCUT2D eigenvalue weighted by molar-refractivity contribution is -0.144. The van der Waals surface area contributed by atoms with Crippen LogP contribution in [-0.2, 0) is 9.53 Å². The third-order valence-electron chi connectivity index (χ3n) is 2.15. The van der Waals surface area contributed by atoms with Crippen LogP contribution in [-0.4, -0.2) is 49.2 Å². The van der Waals surface area contributed by atoms with Crippen molar-refractivity contribution in [2.75, 3.05) is 26.2 Å². The number of carbonyl (C=O) groups is 1. The average Bonchev–Trinajstić information content (AvgIpc) is 2.45. The molecule has 0 saturated carbocycles. The Morgan fingerprint density at radius 1 is 1.53 bits per heavy atom. The molecule has 1 heterocycles. The van der Waals surface area contributed by atoms with Crippen molar-refractivity contribution in [3.05, 3.63) is 0 Å². The van der Waals surface area contributed by atoms with Gasteiger partial charge in [-0.15, -0.1) is 0 Å². The summed E-state index contributed by atoms with van der Waals surface area (Å²) in [4.78, 5) is 11.9. The fourth-order valence-electron chi connectivity index (χ4n) is 1.57. The zero-order valence-corrected chi connectivity index (χ0v) is 8.51. The van der Waals surface area contributed by atoms with Crippen molar-refractivity contribution in [1.29, 1.82) is 0 Å². The topological polar surface area (TPSA) is 29.5 Å². The first-order chi connectivity index (χ1) is 6.87. The van der Waals surface area contributed by atoms with Gasteiger partial charge in [0.05, 0.1) is 12.6 Å². The van der Waals surface area contributed by atoms with Gasteiger partial charge in [-0.05, 0) is 13.3 Å². The second-order valence-corrected chi connectivity index (χ2v) is 3.77. The summed E-state index contributed by atoms with van der Waals surface area (Å²) in [5, 5.41) is 0. The van der Waals surface area contributed by atoms with E-state index in [9.17, 15) is 18.0 Å². The van der Waals surface area contributed by atoms with E-state index in [1.807, 2.05) is 0 Å². The van der Waals surface area contributed by atoms with Gasteiger partial charge in [0, 0.05) is 13.1 Å². The standard InChI is InChI=1S/C9H14F3NO2/c1-7(14)5-15-8-2-3-13(4-8)6-9(10,11)12/h8H,2-6H2,1H3. The highest BCUT2D eigenvalue weighted by atomic mass is 19.4. The van der Waals surface area contributed by atoms with E-state index in [0.717, 1.165) is 0 Å². The molecule has 88 valence electrons. The van der Waals surface area contributed by atoms with Gasteiger partial charge in [-0.3, -0.25) is 9.69 Å². The zero-order chi connectivity index (χ0) is 11.5. The molecule has 1 fully saturated rings. The molecule has 15 heavy (non-hydrogen) atoms. The van der Waals surface area contributed by atoms with Crippen molar-refractivity contribution in [1.82, 2.24) is 4.90 Å². The summed E-state index contributed by atoms with van der Waals surface area (Å²) in [5.74, 6) is -0.107. The van der Waals surface area contributed by atoms with Gasteiger partial charge in [-0.2, -0.15) is 13.2 Å². The number of hydrogen-bond donors (Lipinski definition) is 0. The van der Waals surface area contributed by atoms with E-state index in [4.69, 9.17) is 4.74 Å². The van der Waals surface area contributed by atoms with Crippen molar-refractivity contribution >= 4 is 5.78 Å². The number of carbonyl (C=O) groups excluding carboxylic acids is 1. The Labute approximate surface area is 86.2 Å². The lowest BCUT2D eigenvalue weighted by Crippen LogP contribution is -2.33. The largest absolute Gasteiger partial charge is 0.401 e. The lowest BCUT2D eigenvalue weighted by Gasteiger charge is -2.17. The number of nitrogens with zero attached hydrogens (tertiary/aromatic N) is 1. The Morgan fingerprint density at radius 2 is 2.20 bits per heavy atom. The predicted molar refractivity (Wildman–Crippen MR) is 47.5 cm³/mol. The predicted octanol–water partition coefficient (Wildman–Crippen LogP) is 1.23. The summed E-state index contributed by atoms with van der Waals surface area (Å²) in [6.07, 6.45) is -3.84. The maximum atomic E-state index is 12.0. The number of hydrogen-bond acceptors (Lipinski definition) is 3. The number of alkyl halides is 3. The SMILES string of the molecule is CC(=O)COC1CCN(CC(F)(F)F)C1. The van der Waals surface area contributed by atoms with E-state index in [-0.39, 0.29) is 25.0 Å². The highest BCUT2D eigenvalue weighted by Gasteiger charge is 2.34. The minimum atomic E-state index is -4.16. The van der Waals surface area contributed by atoms with Crippen LogP contribution < -0.4 is 0 Å². The van der Waals surface area contributed by atoms with E-state index < -0.39 is 12.7 Å². The van der Waals surface area contributed by atoms with Gasteiger partial charge in [-0.1, -0.05) is 0 Å². The van der Waals surface area contributed by atoms with Crippen molar-refractivity contribution in [2.45, 2.75) is 25.6 Å². The third-order valence-corrected chi connectivity index (χ3v) is 2.15. The molecule has 0 aromatic heterocycles. The monoisotopic (exact) mass is 225 g/mol. The van der Waals surface area contributed by atoms with Crippen LogP contribution in [0.1, 0.15) is 13.3 Å². The van der Waals surface area contributed by atoms with Gasteiger partial charge < -0.3 is 4.74 Å². The van der Waals surface area contributed by atoms with Crippen LogP contribution in [0.5, 0.6) is 0 Å². The summed E-state index contributed by atoms with van der Waals surface area (Å²) in [6, 6.07) is 0. The minimum absolute atomic E-state index is 0.00940. The van der Waals surface area contributed by atoms with Gasteiger partial charge in [0.25, 0.3) is 0 Å². The maximum absolute atomic E-state index is 12.0. The zero-order valence-electron chi connectivity index (χ0n) is 8.51. The molecule has 0 aliphatic carbocycles. The van der Waals surface area contributed by atoms with Crippen molar-refractivity contribution in [3.8, 4) is 0 Å². The van der Waals surface area contributed by atoms with E-state index >= 15 is 0 Å². The molecule has 0 radical (unpaired) electrons. The Balaban J connectivity index is 2.24. The fourth-order valence-corrected chi connectivity index (χ4v) is 1.57. The molecular weight excluding hydrogens is 211 g/mol. The first-order valence-electron chi connectivity index (χ1n) is 4.77. The molecule has 0 aromatic carbocycles. The van der Waals surface area contributed by atoms with Crippen LogP contribution in [0.25, 0.3) is 0 Å². The molecule has 0 spiro atoms. The highest BCUT2D eigenvalue weighted by molar-refractivity contribution is 5.76. The first kappa shape index (κ1) is 12.4. The number of ketones is 1. The molecule has 1 unspecified atom stereocenters. The molecule has 1 aliphatic rings. The van der Waals surface area contributed by atoms with Crippen LogP contribution in [0.15, 0.2) is 0 Å². The minimum Gasteiger partial charge on any atom is -0.369 e. The molecule has 1 saturated heterocycles. The second-order valence-electron chi connectivity index (χ2n) is 3.77. The Kier molecular flexibility index (Phi) is 4.10. The summed E-state index contributed by atoms with van der Waals surface area (Å²) in [6.45, 7) is 1.12. The molecule has 6 heteroatoms. The van der Waals surface area contributed by atoms with Crippen molar-refractivity contribution in [2.24, 2.45) is 0 Å². The van der Waals surface area contributed by atoms with Gasteiger partial charge >= 0.3 is 6.18 Å². The van der Waals surface area contributed by atoms with Crippen LogP contribution in [0.4, 0.5) is 13.2 Å². The summed E-state index contributed by atoms with van der Waals surface area (Å²) in [7, 11) is 0. The highest BCUT2D eigenvalue weighted by Crippen LogP contribution is 2.20. The Bertz CT molecular complexity index is 230. The normalized spacial score (nSPS) is 23.3. The van der Waals surface area contributed by atoms with Gasteiger partial charge in [-0.25, -0.2) is 0 Å². The summed E-state index contributed by atoms with van der Waals surface area (Å²) >= 11 is 0. The molecule has 0 amide bonds. The lowest BCUT2D eigenvalue weighted by atomic mass is 10.3. The molecule has 1 aliphatic heterocycles. The number of ether oxygens (including phenoxy) is 1. The molecule has 1 atom stereocenters. The number of halogens is 3. The summed E-state index contributed by atoms with van der Waals surface area (Å²) < 4.78 is 41.2. The Morgan fingerprint density at radius 3 is 2.73 bits per heavy atom. The smallest absolute Gasteiger partial charge is 0.369 e. The summed E-state index contributed by atoms with van der Waals surface area (Å²) in [5.41, 5.74) is 0. The maximum Gasteiger partial charge on any atom is 0.401 e. The van der Waals surface area contributed by atoms with Crippen LogP contribution >= 0.6 is 0 Å². The van der Waals surface area contributed by atoms with E-state index in [1.165, 1.54) is 11.8 Å². The molecule has 3 nitrogen and oxygen atoms in total. The molecule has 0 N–H and O–H groups in total. The number of Topliss-reactive ketones (excluding diaryl/α,β-unsaturated/α-hetero) is 1. The van der Waals surface area contributed by atoms with E-state index in [0.29, 0.717) is 13.0 Å². The van der Waals surface area contributed by atoms with E-state index in [1.54, 1.807) is 0 Å². The van der Waals surface area contributed by atoms with Gasteiger partial charge in [0.2, 0.25) is 0 Å². The molecule has 0 bridgehead atoms. The molecular formula is C9H14F3NO2. The number of likely N-dealkylation sites (tertiary alicyclic amines) is 1. The van der Waals surface area contributed by atoms with E-state index in [2.05, 4.69) is 0 Å². The van der Waals surface area contributed by atoms with Crippen LogP contribution in [0.3, 0.4) is 0 Å². The third kappa shape index (κ3) is 5.13. The van der Waals surface area contributed by atoms with Crippen molar-refractivity contribution < 1.29 is 22.7 Å². The quantitative estimate of drug-likeness (QED) is 0.720. The van der Waals surface area contributed by atoms with Gasteiger partial charge in [0.1, 0.15) is 6.61 Å². The fraction of sp³-hybridized carbons (Fsp3) is 0.889.